The second-order valence-electron chi connectivity index (χ2n) is 6.77. The molecule has 1 amide bonds. The van der Waals surface area contributed by atoms with Crippen molar-refractivity contribution in [1.82, 2.24) is 10.2 Å². The van der Waals surface area contributed by atoms with E-state index in [1.54, 1.807) is 0 Å². The quantitative estimate of drug-likeness (QED) is 0.905. The van der Waals surface area contributed by atoms with Crippen LogP contribution in [0.3, 0.4) is 0 Å². The van der Waals surface area contributed by atoms with Gasteiger partial charge in [0.25, 0.3) is 0 Å². The fraction of sp³-hybridized carbons (Fsp3) is 0.611. The molecule has 0 radical (unpaired) electrons. The largest absolute Gasteiger partial charge is 0.493 e. The summed E-state index contributed by atoms with van der Waals surface area (Å²) in [7, 11) is 0. The van der Waals surface area contributed by atoms with Crippen molar-refractivity contribution >= 4 is 5.91 Å². The molecule has 5 heteroatoms. The SMILES string of the molecule is O=C(Cc1ccc2c(c1)CCO2)NC[C@H]1CN2CCC[C@H]2CO1. The van der Waals surface area contributed by atoms with Crippen molar-refractivity contribution in [2.24, 2.45) is 0 Å². The van der Waals surface area contributed by atoms with Gasteiger partial charge in [-0.2, -0.15) is 0 Å². The molecule has 1 N–H and O–H groups in total. The summed E-state index contributed by atoms with van der Waals surface area (Å²) in [6, 6.07) is 6.65. The molecule has 0 bridgehead atoms. The van der Waals surface area contributed by atoms with Crippen LogP contribution in [0.4, 0.5) is 0 Å². The van der Waals surface area contributed by atoms with Gasteiger partial charge in [0.15, 0.2) is 0 Å². The molecule has 0 saturated carbocycles. The van der Waals surface area contributed by atoms with Crippen LogP contribution < -0.4 is 10.1 Å². The van der Waals surface area contributed by atoms with Gasteiger partial charge in [-0.15, -0.1) is 0 Å². The van der Waals surface area contributed by atoms with Crippen molar-refractivity contribution in [2.45, 2.75) is 37.8 Å². The lowest BCUT2D eigenvalue weighted by atomic mass is 10.1. The summed E-state index contributed by atoms with van der Waals surface area (Å²) >= 11 is 0. The normalized spacial score (nSPS) is 26.4. The van der Waals surface area contributed by atoms with Gasteiger partial charge in [-0.25, -0.2) is 0 Å². The zero-order valence-electron chi connectivity index (χ0n) is 13.4. The summed E-state index contributed by atoms with van der Waals surface area (Å²) < 4.78 is 11.4. The molecular weight excluding hydrogens is 292 g/mol. The van der Waals surface area contributed by atoms with E-state index in [2.05, 4.69) is 16.3 Å². The van der Waals surface area contributed by atoms with Gasteiger partial charge in [0.1, 0.15) is 5.75 Å². The van der Waals surface area contributed by atoms with Gasteiger partial charge >= 0.3 is 0 Å². The Morgan fingerprint density at radius 1 is 1.39 bits per heavy atom. The van der Waals surface area contributed by atoms with Gasteiger partial charge in [0.05, 0.1) is 25.7 Å². The third-order valence-corrected chi connectivity index (χ3v) is 5.11. The molecule has 23 heavy (non-hydrogen) atoms. The summed E-state index contributed by atoms with van der Waals surface area (Å²) in [6.07, 6.45) is 4.02. The van der Waals surface area contributed by atoms with E-state index >= 15 is 0 Å². The van der Waals surface area contributed by atoms with E-state index in [9.17, 15) is 4.79 Å². The molecule has 3 heterocycles. The predicted octanol–water partition coefficient (Wildman–Crippen LogP) is 1.14. The number of nitrogens with zero attached hydrogens (tertiary/aromatic N) is 1. The Hall–Kier alpha value is -1.59. The Balaban J connectivity index is 1.25. The topological polar surface area (TPSA) is 50.8 Å². The minimum absolute atomic E-state index is 0.0658. The Morgan fingerprint density at radius 3 is 3.30 bits per heavy atom. The minimum atomic E-state index is 0.0658. The summed E-state index contributed by atoms with van der Waals surface area (Å²) in [6.45, 7) is 4.29. The number of nitrogens with one attached hydrogen (secondary N) is 1. The zero-order valence-corrected chi connectivity index (χ0v) is 13.4. The van der Waals surface area contributed by atoms with E-state index in [0.29, 0.717) is 19.0 Å². The average molecular weight is 316 g/mol. The first-order chi connectivity index (χ1) is 11.3. The Labute approximate surface area is 136 Å². The van der Waals surface area contributed by atoms with Gasteiger partial charge in [-0.3, -0.25) is 9.69 Å². The maximum Gasteiger partial charge on any atom is 0.224 e. The highest BCUT2D eigenvalue weighted by Crippen LogP contribution is 2.26. The summed E-state index contributed by atoms with van der Waals surface area (Å²) in [5.41, 5.74) is 2.27. The van der Waals surface area contributed by atoms with E-state index in [0.717, 1.165) is 37.5 Å². The van der Waals surface area contributed by atoms with E-state index in [4.69, 9.17) is 9.47 Å². The number of amides is 1. The number of rotatable bonds is 4. The van der Waals surface area contributed by atoms with Crippen LogP contribution >= 0.6 is 0 Å². The van der Waals surface area contributed by atoms with E-state index in [1.165, 1.54) is 24.9 Å². The summed E-state index contributed by atoms with van der Waals surface area (Å²) in [4.78, 5) is 14.7. The Kier molecular flexibility index (Phi) is 4.23. The molecule has 1 aromatic rings. The van der Waals surface area contributed by atoms with Crippen LogP contribution in [0.25, 0.3) is 0 Å². The second kappa shape index (κ2) is 6.49. The highest BCUT2D eigenvalue weighted by atomic mass is 16.5. The van der Waals surface area contributed by atoms with Crippen LogP contribution in [-0.2, 0) is 22.4 Å². The highest BCUT2D eigenvalue weighted by molar-refractivity contribution is 5.78. The van der Waals surface area contributed by atoms with Gasteiger partial charge in [-0.05, 0) is 36.6 Å². The highest BCUT2D eigenvalue weighted by Gasteiger charge is 2.32. The van der Waals surface area contributed by atoms with Gasteiger partial charge < -0.3 is 14.8 Å². The molecule has 0 aliphatic carbocycles. The van der Waals surface area contributed by atoms with Crippen LogP contribution in [0.1, 0.15) is 24.0 Å². The number of carbonyl (C=O) groups is 1. The summed E-state index contributed by atoms with van der Waals surface area (Å²) in [5.74, 6) is 1.03. The van der Waals surface area contributed by atoms with Gasteiger partial charge in [0, 0.05) is 25.6 Å². The molecule has 0 aromatic heterocycles. The predicted molar refractivity (Wildman–Crippen MR) is 86.7 cm³/mol. The third kappa shape index (κ3) is 3.35. The lowest BCUT2D eigenvalue weighted by molar-refractivity contribution is -0.121. The minimum Gasteiger partial charge on any atom is -0.493 e. The molecule has 5 nitrogen and oxygen atoms in total. The van der Waals surface area contributed by atoms with Crippen LogP contribution in [0.15, 0.2) is 18.2 Å². The van der Waals surface area contributed by atoms with Crippen molar-refractivity contribution in [3.8, 4) is 5.75 Å². The maximum atomic E-state index is 12.2. The monoisotopic (exact) mass is 316 g/mol. The van der Waals surface area contributed by atoms with Crippen LogP contribution in [0.5, 0.6) is 5.75 Å². The number of carbonyl (C=O) groups excluding carboxylic acids is 1. The fourth-order valence-electron chi connectivity index (χ4n) is 3.83. The number of fused-ring (bicyclic) bond motifs is 2. The van der Waals surface area contributed by atoms with Crippen LogP contribution in [0.2, 0.25) is 0 Å². The first-order valence-corrected chi connectivity index (χ1v) is 8.65. The molecule has 2 saturated heterocycles. The molecule has 2 atom stereocenters. The molecule has 3 aliphatic rings. The average Bonchev–Trinajstić information content (AvgIpc) is 3.20. The number of hydrogen-bond acceptors (Lipinski definition) is 4. The number of morpholine rings is 1. The van der Waals surface area contributed by atoms with Crippen molar-refractivity contribution < 1.29 is 14.3 Å². The van der Waals surface area contributed by atoms with E-state index in [1.807, 2.05) is 12.1 Å². The lowest BCUT2D eigenvalue weighted by Crippen LogP contribution is -2.50. The van der Waals surface area contributed by atoms with Crippen molar-refractivity contribution in [2.75, 3.05) is 32.8 Å². The molecule has 4 rings (SSSR count). The molecule has 0 unspecified atom stereocenters. The second-order valence-corrected chi connectivity index (χ2v) is 6.77. The van der Waals surface area contributed by atoms with Crippen LogP contribution in [0, 0.1) is 0 Å². The van der Waals surface area contributed by atoms with Gasteiger partial charge in [-0.1, -0.05) is 12.1 Å². The number of ether oxygens (including phenoxy) is 2. The zero-order chi connectivity index (χ0) is 15.6. The first-order valence-electron chi connectivity index (χ1n) is 8.65. The Morgan fingerprint density at radius 2 is 2.35 bits per heavy atom. The van der Waals surface area contributed by atoms with E-state index < -0.39 is 0 Å². The van der Waals surface area contributed by atoms with Crippen molar-refractivity contribution in [3.63, 3.8) is 0 Å². The van der Waals surface area contributed by atoms with E-state index in [-0.39, 0.29) is 12.0 Å². The van der Waals surface area contributed by atoms with Gasteiger partial charge in [0.2, 0.25) is 5.91 Å². The van der Waals surface area contributed by atoms with Crippen molar-refractivity contribution in [3.05, 3.63) is 29.3 Å². The first kappa shape index (κ1) is 15.0. The smallest absolute Gasteiger partial charge is 0.224 e. The maximum absolute atomic E-state index is 12.2. The fourth-order valence-corrected chi connectivity index (χ4v) is 3.83. The summed E-state index contributed by atoms with van der Waals surface area (Å²) in [5, 5.41) is 3.03. The molecule has 124 valence electrons. The van der Waals surface area contributed by atoms with Crippen LogP contribution in [-0.4, -0.2) is 55.8 Å². The number of benzene rings is 1. The Bertz CT molecular complexity index is 590. The third-order valence-electron chi connectivity index (χ3n) is 5.11. The van der Waals surface area contributed by atoms with Crippen molar-refractivity contribution in [1.29, 1.82) is 0 Å². The number of hydrogen-bond donors (Lipinski definition) is 1. The molecule has 1 aromatic carbocycles. The lowest BCUT2D eigenvalue weighted by Gasteiger charge is -2.35. The molecule has 3 aliphatic heterocycles. The molecule has 0 spiro atoms. The molecular formula is C18H24N2O3. The molecule has 2 fully saturated rings. The standard InChI is InChI=1S/C18H24N2O3/c21-18(9-13-3-4-17-14(8-13)5-7-22-17)19-10-16-11-20-6-1-2-15(20)12-23-16/h3-4,8,15-16H,1-2,5-7,9-12H2,(H,19,21)/t15-,16-/m0/s1.